The van der Waals surface area contributed by atoms with Crippen molar-refractivity contribution in [2.24, 2.45) is 0 Å². The predicted molar refractivity (Wildman–Crippen MR) is 99.9 cm³/mol. The van der Waals surface area contributed by atoms with Crippen LogP contribution in [0, 0.1) is 0 Å². The maximum absolute atomic E-state index is 12.6. The normalized spacial score (nSPS) is 11.3. The molecular formula is C19H18F3N5O3. The Morgan fingerprint density at radius 2 is 1.93 bits per heavy atom. The van der Waals surface area contributed by atoms with Crippen LogP contribution in [0.1, 0.15) is 45.6 Å². The highest BCUT2D eigenvalue weighted by molar-refractivity contribution is 6.08. The van der Waals surface area contributed by atoms with E-state index in [0.29, 0.717) is 17.8 Å². The van der Waals surface area contributed by atoms with Gasteiger partial charge in [-0.05, 0) is 24.6 Å². The van der Waals surface area contributed by atoms with E-state index in [1.807, 2.05) is 6.92 Å². The van der Waals surface area contributed by atoms with Gasteiger partial charge >= 0.3 is 6.18 Å². The number of amides is 2. The average Bonchev–Trinajstić information content (AvgIpc) is 3.36. The van der Waals surface area contributed by atoms with Crippen molar-refractivity contribution in [2.75, 3.05) is 11.9 Å². The fourth-order valence-corrected chi connectivity index (χ4v) is 2.57. The minimum atomic E-state index is -4.55. The van der Waals surface area contributed by atoms with Gasteiger partial charge in [0.1, 0.15) is 6.54 Å². The lowest BCUT2D eigenvalue weighted by Gasteiger charge is -2.10. The van der Waals surface area contributed by atoms with Crippen molar-refractivity contribution in [1.82, 2.24) is 20.3 Å². The van der Waals surface area contributed by atoms with Crippen LogP contribution in [0.3, 0.4) is 0 Å². The lowest BCUT2D eigenvalue weighted by molar-refractivity contribution is -0.141. The number of hydrogen-bond donors (Lipinski definition) is 2. The second kappa shape index (κ2) is 8.80. The molecular weight excluding hydrogens is 403 g/mol. The van der Waals surface area contributed by atoms with Gasteiger partial charge in [-0.2, -0.15) is 18.3 Å². The third-order valence-corrected chi connectivity index (χ3v) is 4.00. The molecule has 2 aromatic heterocycles. The van der Waals surface area contributed by atoms with E-state index in [4.69, 9.17) is 4.52 Å². The molecule has 8 nitrogen and oxygen atoms in total. The predicted octanol–water partition coefficient (Wildman–Crippen LogP) is 3.33. The maximum atomic E-state index is 12.6. The Kier molecular flexibility index (Phi) is 6.19. The molecule has 2 amide bonds. The Morgan fingerprint density at radius 3 is 2.63 bits per heavy atom. The van der Waals surface area contributed by atoms with Crippen LogP contribution in [-0.4, -0.2) is 33.3 Å². The zero-order chi connectivity index (χ0) is 21.7. The third-order valence-electron chi connectivity index (χ3n) is 4.00. The molecule has 0 fully saturated rings. The number of aromatic nitrogens is 3. The second-order valence-electron chi connectivity index (χ2n) is 6.33. The number of benzene rings is 1. The molecule has 0 radical (unpaired) electrons. The highest BCUT2D eigenvalue weighted by Crippen LogP contribution is 2.27. The van der Waals surface area contributed by atoms with Crippen LogP contribution >= 0.6 is 0 Å². The van der Waals surface area contributed by atoms with Crippen LogP contribution in [0.25, 0.3) is 0 Å². The monoisotopic (exact) mass is 421 g/mol. The molecule has 11 heteroatoms. The molecule has 0 bridgehead atoms. The Morgan fingerprint density at radius 1 is 1.17 bits per heavy atom. The summed E-state index contributed by atoms with van der Waals surface area (Å²) in [6, 6.07) is 8.61. The van der Waals surface area contributed by atoms with Gasteiger partial charge in [0.2, 0.25) is 0 Å². The molecule has 0 saturated carbocycles. The highest BCUT2D eigenvalue weighted by Gasteiger charge is 2.33. The molecule has 2 N–H and O–H groups in total. The first kappa shape index (κ1) is 21.1. The number of hydrogen-bond acceptors (Lipinski definition) is 5. The van der Waals surface area contributed by atoms with Gasteiger partial charge in [0.05, 0.1) is 11.3 Å². The van der Waals surface area contributed by atoms with Crippen molar-refractivity contribution in [1.29, 1.82) is 0 Å². The van der Waals surface area contributed by atoms with Crippen LogP contribution < -0.4 is 10.6 Å². The largest absolute Gasteiger partial charge is 0.435 e. The molecule has 0 aliphatic heterocycles. The molecule has 0 aliphatic rings. The summed E-state index contributed by atoms with van der Waals surface area (Å²) in [5.41, 5.74) is -0.531. The van der Waals surface area contributed by atoms with Gasteiger partial charge < -0.3 is 15.2 Å². The fourth-order valence-electron chi connectivity index (χ4n) is 2.57. The minimum Gasteiger partial charge on any atom is -0.359 e. The first-order valence-corrected chi connectivity index (χ1v) is 9.02. The topological polar surface area (TPSA) is 102 Å². The molecule has 3 aromatic rings. The van der Waals surface area contributed by atoms with Crippen molar-refractivity contribution in [3.05, 3.63) is 65.3 Å². The minimum absolute atomic E-state index is 0.0861. The van der Waals surface area contributed by atoms with Crippen LogP contribution in [0.15, 0.2) is 47.1 Å². The number of rotatable bonds is 7. The molecule has 3 rings (SSSR count). The molecule has 1 aromatic carbocycles. The molecule has 0 unspecified atom stereocenters. The van der Waals surface area contributed by atoms with Crippen LogP contribution in [0.5, 0.6) is 0 Å². The van der Waals surface area contributed by atoms with Crippen LogP contribution in [0.2, 0.25) is 0 Å². The number of halogens is 3. The van der Waals surface area contributed by atoms with Crippen molar-refractivity contribution >= 4 is 17.5 Å². The van der Waals surface area contributed by atoms with Crippen molar-refractivity contribution in [3.8, 4) is 0 Å². The molecule has 30 heavy (non-hydrogen) atoms. The average molecular weight is 421 g/mol. The van der Waals surface area contributed by atoms with Crippen LogP contribution in [-0.2, 0) is 12.7 Å². The molecule has 0 atom stereocenters. The first-order valence-electron chi connectivity index (χ1n) is 9.02. The van der Waals surface area contributed by atoms with E-state index in [2.05, 4.69) is 20.9 Å². The SMILES string of the molecule is CCCNC(=O)c1ccccc1NC(=O)c1cc(Cn2ccc(C(F)(F)F)n2)on1. The summed E-state index contributed by atoms with van der Waals surface area (Å²) in [6.07, 6.45) is -2.63. The van der Waals surface area contributed by atoms with Gasteiger partial charge in [0.15, 0.2) is 17.1 Å². The Hall–Kier alpha value is -3.63. The summed E-state index contributed by atoms with van der Waals surface area (Å²) in [4.78, 5) is 24.7. The number of nitrogens with zero attached hydrogens (tertiary/aromatic N) is 3. The lowest BCUT2D eigenvalue weighted by Crippen LogP contribution is -2.25. The summed E-state index contributed by atoms with van der Waals surface area (Å²) < 4.78 is 43.9. The van der Waals surface area contributed by atoms with E-state index in [1.165, 1.54) is 6.07 Å². The van der Waals surface area contributed by atoms with Crippen molar-refractivity contribution in [2.45, 2.75) is 26.1 Å². The summed E-state index contributed by atoms with van der Waals surface area (Å²) in [6.45, 7) is 2.28. The smallest absolute Gasteiger partial charge is 0.359 e. The number of anilines is 1. The first-order chi connectivity index (χ1) is 14.3. The summed E-state index contributed by atoms with van der Waals surface area (Å²) >= 11 is 0. The zero-order valence-corrected chi connectivity index (χ0v) is 15.9. The standard InChI is InChI=1S/C19H18F3N5O3/c1-2-8-23-17(28)13-5-3-4-6-14(13)24-18(29)15-10-12(30-26-15)11-27-9-7-16(25-27)19(20,21)22/h3-7,9-10H,2,8,11H2,1H3,(H,23,28)(H,24,29). The highest BCUT2D eigenvalue weighted by atomic mass is 19.4. The number of alkyl halides is 3. The molecule has 0 spiro atoms. The molecule has 158 valence electrons. The van der Waals surface area contributed by atoms with E-state index < -0.39 is 17.8 Å². The van der Waals surface area contributed by atoms with E-state index in [1.54, 1.807) is 24.3 Å². The van der Waals surface area contributed by atoms with Gasteiger partial charge in [0, 0.05) is 18.8 Å². The van der Waals surface area contributed by atoms with E-state index in [9.17, 15) is 22.8 Å². The summed E-state index contributed by atoms with van der Waals surface area (Å²) in [7, 11) is 0. The fraction of sp³-hybridized carbons (Fsp3) is 0.263. The maximum Gasteiger partial charge on any atom is 0.435 e. The second-order valence-corrected chi connectivity index (χ2v) is 6.33. The van der Waals surface area contributed by atoms with Gasteiger partial charge in [-0.3, -0.25) is 14.3 Å². The van der Waals surface area contributed by atoms with E-state index in [0.717, 1.165) is 23.4 Å². The molecule has 2 heterocycles. The zero-order valence-electron chi connectivity index (χ0n) is 15.9. The Labute approximate surface area is 169 Å². The van der Waals surface area contributed by atoms with E-state index >= 15 is 0 Å². The number of carbonyl (C=O) groups excluding carboxylic acids is 2. The van der Waals surface area contributed by atoms with Gasteiger partial charge in [-0.1, -0.05) is 24.2 Å². The Bertz CT molecular complexity index is 1040. The van der Waals surface area contributed by atoms with Crippen molar-refractivity contribution in [3.63, 3.8) is 0 Å². The number of para-hydroxylation sites is 1. The van der Waals surface area contributed by atoms with Crippen molar-refractivity contribution < 1.29 is 27.3 Å². The molecule has 0 saturated heterocycles. The van der Waals surface area contributed by atoms with E-state index in [-0.39, 0.29) is 23.9 Å². The summed E-state index contributed by atoms with van der Waals surface area (Å²) in [5.74, 6) is -0.809. The Balaban J connectivity index is 1.69. The van der Waals surface area contributed by atoms with Gasteiger partial charge in [-0.25, -0.2) is 0 Å². The van der Waals surface area contributed by atoms with Gasteiger partial charge in [0.25, 0.3) is 11.8 Å². The summed E-state index contributed by atoms with van der Waals surface area (Å²) in [5, 5.41) is 12.4. The number of nitrogens with one attached hydrogen (secondary N) is 2. The quantitative estimate of drug-likeness (QED) is 0.609. The molecule has 0 aliphatic carbocycles. The number of carbonyl (C=O) groups is 2. The van der Waals surface area contributed by atoms with Crippen LogP contribution in [0.4, 0.5) is 18.9 Å². The third kappa shape index (κ3) is 5.04. The lowest BCUT2D eigenvalue weighted by atomic mass is 10.1. The van der Waals surface area contributed by atoms with Gasteiger partial charge in [-0.15, -0.1) is 0 Å².